The molecule has 1 rings (SSSR count). The van der Waals surface area contributed by atoms with E-state index in [1.54, 1.807) is 0 Å². The van der Waals surface area contributed by atoms with Crippen molar-refractivity contribution in [1.82, 2.24) is 0 Å². The van der Waals surface area contributed by atoms with E-state index in [1.165, 1.54) is 18.2 Å². The molecule has 7 heteroatoms. The molecule has 0 radical (unpaired) electrons. The smallest absolute Gasteiger partial charge is 0.406 e. The number of nitrogens with one attached hydrogen (secondary N) is 1. The van der Waals surface area contributed by atoms with Crippen LogP contribution in [0.1, 0.15) is 0 Å². The van der Waals surface area contributed by atoms with Crippen LogP contribution in [0.15, 0.2) is 24.3 Å². The summed E-state index contributed by atoms with van der Waals surface area (Å²) in [5, 5.41) is 0. The van der Waals surface area contributed by atoms with E-state index in [0.29, 0.717) is 5.69 Å². The van der Waals surface area contributed by atoms with E-state index in [4.69, 9.17) is 5.84 Å². The van der Waals surface area contributed by atoms with Gasteiger partial charge < -0.3 is 10.2 Å². The molecule has 0 atom stereocenters. The molecule has 1 aromatic carbocycles. The minimum atomic E-state index is -4.67. The molecule has 0 heterocycles. The normalized spacial score (nSPS) is 10.3. The highest BCUT2D eigenvalue weighted by atomic mass is 35.5. The summed E-state index contributed by atoms with van der Waals surface area (Å²) in [4.78, 5) is 0. The van der Waals surface area contributed by atoms with Crippen LogP contribution in [0.3, 0.4) is 0 Å². The van der Waals surface area contributed by atoms with Crippen molar-refractivity contribution in [3.8, 4) is 5.75 Å². The van der Waals surface area contributed by atoms with Crippen LogP contribution in [0.2, 0.25) is 0 Å². The lowest BCUT2D eigenvalue weighted by Crippen LogP contribution is -2.17. The summed E-state index contributed by atoms with van der Waals surface area (Å²) in [6, 6.07) is 5.25. The van der Waals surface area contributed by atoms with Gasteiger partial charge in [0.15, 0.2) is 0 Å². The maximum Gasteiger partial charge on any atom is 0.573 e. The first kappa shape index (κ1) is 12.9. The molecule has 0 spiro atoms. The Kier molecular flexibility index (Phi) is 4.52. The monoisotopic (exact) mass is 228 g/mol. The molecule has 0 bridgehead atoms. The first-order chi connectivity index (χ1) is 6.01. The number of hydrogen-bond donors (Lipinski definition) is 2. The van der Waals surface area contributed by atoms with Crippen LogP contribution in [-0.4, -0.2) is 6.36 Å². The number of nitrogen functional groups attached to an aromatic ring is 1. The number of nitrogens with two attached hydrogens (primary N) is 1. The van der Waals surface area contributed by atoms with E-state index in [2.05, 4.69) is 10.2 Å². The fourth-order valence-electron chi connectivity index (χ4n) is 0.783. The molecule has 0 saturated carbocycles. The molecule has 1 aromatic rings. The van der Waals surface area contributed by atoms with Gasteiger partial charge in [0, 0.05) is 6.07 Å². The topological polar surface area (TPSA) is 47.3 Å². The zero-order valence-electron chi connectivity index (χ0n) is 6.84. The standard InChI is InChI=1S/C7H7F3N2O.ClH/c8-7(9,10)13-6-3-1-2-5(4-6)12-11;/h1-4,12H,11H2;1H. The fourth-order valence-corrected chi connectivity index (χ4v) is 0.783. The third kappa shape index (κ3) is 4.20. The fraction of sp³-hybridized carbons (Fsp3) is 0.143. The van der Waals surface area contributed by atoms with Crippen molar-refractivity contribution in [3.63, 3.8) is 0 Å². The number of hydrogen-bond acceptors (Lipinski definition) is 3. The molecule has 0 aliphatic rings. The van der Waals surface area contributed by atoms with Crippen LogP contribution in [0.4, 0.5) is 18.9 Å². The maximum absolute atomic E-state index is 11.7. The highest BCUT2D eigenvalue weighted by Gasteiger charge is 2.30. The van der Waals surface area contributed by atoms with Gasteiger partial charge in [0.1, 0.15) is 5.75 Å². The SMILES string of the molecule is Cl.NNc1cccc(OC(F)(F)F)c1. The van der Waals surface area contributed by atoms with Gasteiger partial charge >= 0.3 is 6.36 Å². The van der Waals surface area contributed by atoms with Crippen molar-refractivity contribution >= 4 is 18.1 Å². The minimum Gasteiger partial charge on any atom is -0.406 e. The lowest BCUT2D eigenvalue weighted by molar-refractivity contribution is -0.274. The van der Waals surface area contributed by atoms with Crippen molar-refractivity contribution < 1.29 is 17.9 Å². The molecule has 0 unspecified atom stereocenters. The van der Waals surface area contributed by atoms with Crippen LogP contribution in [0.5, 0.6) is 5.75 Å². The van der Waals surface area contributed by atoms with Crippen LogP contribution in [0.25, 0.3) is 0 Å². The first-order valence-electron chi connectivity index (χ1n) is 3.34. The van der Waals surface area contributed by atoms with Crippen LogP contribution < -0.4 is 16.0 Å². The number of benzene rings is 1. The number of anilines is 1. The highest BCUT2D eigenvalue weighted by molar-refractivity contribution is 5.85. The second-order valence-electron chi connectivity index (χ2n) is 2.22. The molecule has 3 nitrogen and oxygen atoms in total. The molecular formula is C7H8ClF3N2O. The van der Waals surface area contributed by atoms with Crippen molar-refractivity contribution in [2.45, 2.75) is 6.36 Å². The summed E-state index contributed by atoms with van der Waals surface area (Å²) >= 11 is 0. The lowest BCUT2D eigenvalue weighted by atomic mass is 10.3. The Morgan fingerprint density at radius 1 is 1.29 bits per heavy atom. The number of rotatable bonds is 2. The van der Waals surface area contributed by atoms with Crippen molar-refractivity contribution in [3.05, 3.63) is 24.3 Å². The van der Waals surface area contributed by atoms with E-state index in [-0.39, 0.29) is 18.2 Å². The summed E-state index contributed by atoms with van der Waals surface area (Å²) < 4.78 is 38.8. The van der Waals surface area contributed by atoms with Crippen molar-refractivity contribution in [2.75, 3.05) is 5.43 Å². The zero-order chi connectivity index (χ0) is 9.90. The van der Waals surface area contributed by atoms with Gasteiger partial charge in [-0.2, -0.15) is 0 Å². The Hall–Kier alpha value is -1.14. The summed E-state index contributed by atoms with van der Waals surface area (Å²) in [5.41, 5.74) is 2.55. The largest absolute Gasteiger partial charge is 0.573 e. The van der Waals surface area contributed by atoms with Crippen LogP contribution in [0, 0.1) is 0 Å². The molecular weight excluding hydrogens is 221 g/mol. The van der Waals surface area contributed by atoms with Gasteiger partial charge in [-0.25, -0.2) is 0 Å². The van der Waals surface area contributed by atoms with Gasteiger partial charge in [-0.1, -0.05) is 6.07 Å². The maximum atomic E-state index is 11.7. The van der Waals surface area contributed by atoms with E-state index >= 15 is 0 Å². The third-order valence-corrected chi connectivity index (χ3v) is 1.23. The Balaban J connectivity index is 0.00000169. The summed E-state index contributed by atoms with van der Waals surface area (Å²) in [6.45, 7) is 0. The number of halogens is 4. The molecule has 14 heavy (non-hydrogen) atoms. The predicted octanol–water partition coefficient (Wildman–Crippen LogP) is 2.29. The molecule has 0 amide bonds. The molecule has 3 N–H and O–H groups in total. The van der Waals surface area contributed by atoms with Gasteiger partial charge in [0.05, 0.1) is 5.69 Å². The van der Waals surface area contributed by atoms with Gasteiger partial charge in [0.2, 0.25) is 0 Å². The second kappa shape index (κ2) is 4.92. The van der Waals surface area contributed by atoms with Crippen LogP contribution in [-0.2, 0) is 0 Å². The van der Waals surface area contributed by atoms with E-state index in [1.807, 2.05) is 0 Å². The summed E-state index contributed by atoms with van der Waals surface area (Å²) in [7, 11) is 0. The minimum absolute atomic E-state index is 0. The molecule has 80 valence electrons. The second-order valence-corrected chi connectivity index (χ2v) is 2.22. The Morgan fingerprint density at radius 2 is 1.93 bits per heavy atom. The third-order valence-electron chi connectivity index (χ3n) is 1.23. The zero-order valence-corrected chi connectivity index (χ0v) is 7.65. The van der Waals surface area contributed by atoms with E-state index < -0.39 is 6.36 Å². The van der Waals surface area contributed by atoms with Gasteiger partial charge in [0.25, 0.3) is 0 Å². The van der Waals surface area contributed by atoms with E-state index in [0.717, 1.165) is 6.07 Å². The molecule has 0 aromatic heterocycles. The molecule has 0 aliphatic heterocycles. The van der Waals surface area contributed by atoms with Crippen LogP contribution >= 0.6 is 12.4 Å². The first-order valence-corrected chi connectivity index (χ1v) is 3.34. The number of hydrazine groups is 1. The molecule has 0 fully saturated rings. The lowest BCUT2D eigenvalue weighted by Gasteiger charge is -2.09. The van der Waals surface area contributed by atoms with E-state index in [9.17, 15) is 13.2 Å². The quantitative estimate of drug-likeness (QED) is 0.603. The molecule has 0 saturated heterocycles. The summed E-state index contributed by atoms with van der Waals surface area (Å²) in [5.74, 6) is 4.69. The predicted molar refractivity (Wildman–Crippen MR) is 48.2 cm³/mol. The Labute approximate surface area is 84.4 Å². The average molecular weight is 229 g/mol. The van der Waals surface area contributed by atoms with Crippen molar-refractivity contribution in [1.29, 1.82) is 0 Å². The van der Waals surface area contributed by atoms with Gasteiger partial charge in [-0.3, -0.25) is 5.84 Å². The highest BCUT2D eigenvalue weighted by Crippen LogP contribution is 2.24. The van der Waals surface area contributed by atoms with Gasteiger partial charge in [-0.15, -0.1) is 25.6 Å². The number of alkyl halides is 3. The van der Waals surface area contributed by atoms with Gasteiger partial charge in [-0.05, 0) is 12.1 Å². The Morgan fingerprint density at radius 3 is 2.43 bits per heavy atom. The Bertz CT molecular complexity index is 293. The van der Waals surface area contributed by atoms with Crippen molar-refractivity contribution in [2.24, 2.45) is 5.84 Å². The average Bonchev–Trinajstić information content (AvgIpc) is 2.01. The summed E-state index contributed by atoms with van der Waals surface area (Å²) in [6.07, 6.45) is -4.67. The molecule has 0 aliphatic carbocycles. The number of ether oxygens (including phenoxy) is 1.